The van der Waals surface area contributed by atoms with Crippen LogP contribution in [0.3, 0.4) is 0 Å². The van der Waals surface area contributed by atoms with Crippen LogP contribution in [0.4, 0.5) is 5.69 Å². The van der Waals surface area contributed by atoms with Crippen LogP contribution < -0.4 is 4.90 Å². The SMILES string of the molecule is CN1CCN(C(=O)c2cccc(C(=O)N3CCCc4ccccc43)c2)CC1. The fourth-order valence-electron chi connectivity index (χ4n) is 3.88. The molecule has 5 nitrogen and oxygen atoms in total. The summed E-state index contributed by atoms with van der Waals surface area (Å²) in [5, 5.41) is 0. The van der Waals surface area contributed by atoms with Gasteiger partial charge in [0.1, 0.15) is 0 Å². The number of hydrogen-bond donors (Lipinski definition) is 0. The molecule has 140 valence electrons. The number of nitrogens with zero attached hydrogens (tertiary/aromatic N) is 3. The first-order valence-electron chi connectivity index (χ1n) is 9.61. The van der Waals surface area contributed by atoms with Crippen molar-refractivity contribution >= 4 is 17.5 Å². The molecule has 0 radical (unpaired) electrons. The van der Waals surface area contributed by atoms with Gasteiger partial charge in [0.2, 0.25) is 0 Å². The highest BCUT2D eigenvalue weighted by atomic mass is 16.2. The van der Waals surface area contributed by atoms with Crippen LogP contribution in [0.25, 0.3) is 0 Å². The molecule has 2 aromatic carbocycles. The van der Waals surface area contributed by atoms with Gasteiger partial charge in [-0.15, -0.1) is 0 Å². The summed E-state index contributed by atoms with van der Waals surface area (Å²) in [6.45, 7) is 3.94. The van der Waals surface area contributed by atoms with E-state index in [2.05, 4.69) is 18.0 Å². The molecule has 0 unspecified atom stereocenters. The Morgan fingerprint density at radius 2 is 1.52 bits per heavy atom. The zero-order valence-corrected chi connectivity index (χ0v) is 15.7. The number of anilines is 1. The topological polar surface area (TPSA) is 43.9 Å². The minimum Gasteiger partial charge on any atom is -0.336 e. The van der Waals surface area contributed by atoms with Crippen LogP contribution in [0, 0.1) is 0 Å². The van der Waals surface area contributed by atoms with E-state index in [0.29, 0.717) is 17.7 Å². The summed E-state index contributed by atoms with van der Waals surface area (Å²) < 4.78 is 0. The van der Waals surface area contributed by atoms with Crippen molar-refractivity contribution in [2.24, 2.45) is 0 Å². The highest BCUT2D eigenvalue weighted by Crippen LogP contribution is 2.28. The predicted octanol–water partition coefficient (Wildman–Crippen LogP) is 2.67. The number of aryl methyl sites for hydroxylation is 1. The summed E-state index contributed by atoms with van der Waals surface area (Å²) in [7, 11) is 2.07. The molecule has 0 N–H and O–H groups in total. The van der Waals surface area contributed by atoms with Crippen LogP contribution in [-0.2, 0) is 6.42 Å². The standard InChI is InChI=1S/C22H25N3O2/c1-23-12-14-24(15-13-23)21(26)18-7-4-8-19(16-18)22(27)25-11-5-9-17-6-2-3-10-20(17)25/h2-4,6-8,10,16H,5,9,11-15H2,1H3. The first-order valence-corrected chi connectivity index (χ1v) is 9.61. The minimum absolute atomic E-state index is 0.0109. The van der Waals surface area contributed by atoms with Crippen LogP contribution in [0.2, 0.25) is 0 Å². The minimum atomic E-state index is -0.0322. The number of rotatable bonds is 2. The fraction of sp³-hybridized carbons (Fsp3) is 0.364. The Balaban J connectivity index is 1.56. The van der Waals surface area contributed by atoms with Crippen LogP contribution in [0.5, 0.6) is 0 Å². The quantitative estimate of drug-likeness (QED) is 0.824. The second kappa shape index (κ2) is 7.53. The summed E-state index contributed by atoms with van der Waals surface area (Å²) in [6, 6.07) is 15.3. The van der Waals surface area contributed by atoms with Gasteiger partial charge < -0.3 is 14.7 Å². The summed E-state index contributed by atoms with van der Waals surface area (Å²) in [5.74, 6) is -0.0213. The number of amides is 2. The molecule has 0 aromatic heterocycles. The number of carbonyl (C=O) groups is 2. The first-order chi connectivity index (χ1) is 13.1. The highest BCUT2D eigenvalue weighted by Gasteiger charge is 2.25. The molecule has 1 saturated heterocycles. The smallest absolute Gasteiger partial charge is 0.258 e. The summed E-state index contributed by atoms with van der Waals surface area (Å²) in [6.07, 6.45) is 1.96. The monoisotopic (exact) mass is 363 g/mol. The Bertz CT molecular complexity index is 856. The molecule has 0 saturated carbocycles. The number of fused-ring (bicyclic) bond motifs is 1. The van der Waals surface area contributed by atoms with Crippen LogP contribution in [0.1, 0.15) is 32.7 Å². The lowest BCUT2D eigenvalue weighted by Crippen LogP contribution is -2.47. The van der Waals surface area contributed by atoms with E-state index >= 15 is 0 Å². The Labute approximate surface area is 160 Å². The largest absolute Gasteiger partial charge is 0.336 e. The van der Waals surface area contributed by atoms with Crippen LogP contribution in [0.15, 0.2) is 48.5 Å². The van der Waals surface area contributed by atoms with Gasteiger partial charge in [-0.1, -0.05) is 24.3 Å². The first kappa shape index (κ1) is 17.7. The van der Waals surface area contributed by atoms with Gasteiger partial charge in [0.25, 0.3) is 11.8 Å². The van der Waals surface area contributed by atoms with Crippen molar-refractivity contribution in [3.63, 3.8) is 0 Å². The molecule has 1 fully saturated rings. The molecule has 2 aliphatic heterocycles. The van der Waals surface area contributed by atoms with Crippen molar-refractivity contribution in [3.05, 3.63) is 65.2 Å². The van der Waals surface area contributed by atoms with Crippen molar-refractivity contribution in [2.45, 2.75) is 12.8 Å². The van der Waals surface area contributed by atoms with E-state index in [1.807, 2.05) is 40.1 Å². The number of hydrogen-bond acceptors (Lipinski definition) is 3. The maximum Gasteiger partial charge on any atom is 0.258 e. The Morgan fingerprint density at radius 3 is 2.30 bits per heavy atom. The van der Waals surface area contributed by atoms with Gasteiger partial charge >= 0.3 is 0 Å². The molecule has 2 heterocycles. The van der Waals surface area contributed by atoms with Crippen molar-refractivity contribution in [1.82, 2.24) is 9.80 Å². The van der Waals surface area contributed by atoms with E-state index in [1.165, 1.54) is 5.56 Å². The highest BCUT2D eigenvalue weighted by molar-refractivity contribution is 6.08. The lowest BCUT2D eigenvalue weighted by molar-refractivity contribution is 0.0664. The Morgan fingerprint density at radius 1 is 0.815 bits per heavy atom. The molecule has 2 amide bonds. The summed E-state index contributed by atoms with van der Waals surface area (Å²) in [5.41, 5.74) is 3.37. The van der Waals surface area contributed by atoms with Crippen LogP contribution in [-0.4, -0.2) is 61.4 Å². The maximum absolute atomic E-state index is 13.2. The molecular formula is C22H25N3O2. The molecule has 0 spiro atoms. The van der Waals surface area contributed by atoms with E-state index in [-0.39, 0.29) is 11.8 Å². The molecule has 0 aliphatic carbocycles. The average molecular weight is 363 g/mol. The van der Waals surface area contributed by atoms with Gasteiger partial charge in [-0.25, -0.2) is 0 Å². The zero-order valence-electron chi connectivity index (χ0n) is 15.7. The van der Waals surface area contributed by atoms with Gasteiger partial charge in [-0.05, 0) is 49.7 Å². The summed E-state index contributed by atoms with van der Waals surface area (Å²) in [4.78, 5) is 31.9. The lowest BCUT2D eigenvalue weighted by Gasteiger charge is -2.32. The van der Waals surface area contributed by atoms with Crippen molar-refractivity contribution in [1.29, 1.82) is 0 Å². The third kappa shape index (κ3) is 3.60. The lowest BCUT2D eigenvalue weighted by atomic mass is 10.0. The van der Waals surface area contributed by atoms with Gasteiger partial charge in [0.15, 0.2) is 0 Å². The predicted molar refractivity (Wildman–Crippen MR) is 106 cm³/mol. The second-order valence-corrected chi connectivity index (χ2v) is 7.37. The molecule has 2 aliphatic rings. The Kier molecular flexibility index (Phi) is 4.94. The van der Waals surface area contributed by atoms with Gasteiger partial charge in [0, 0.05) is 49.5 Å². The van der Waals surface area contributed by atoms with Gasteiger partial charge in [0.05, 0.1) is 0 Å². The normalized spacial score (nSPS) is 17.5. The fourth-order valence-corrected chi connectivity index (χ4v) is 3.88. The van der Waals surface area contributed by atoms with Crippen molar-refractivity contribution in [2.75, 3.05) is 44.7 Å². The van der Waals surface area contributed by atoms with E-state index in [9.17, 15) is 9.59 Å². The van der Waals surface area contributed by atoms with Crippen molar-refractivity contribution < 1.29 is 9.59 Å². The third-order valence-electron chi connectivity index (χ3n) is 5.50. The molecule has 4 rings (SSSR count). The van der Waals surface area contributed by atoms with Gasteiger partial charge in [-0.3, -0.25) is 9.59 Å². The zero-order chi connectivity index (χ0) is 18.8. The van der Waals surface area contributed by atoms with E-state index in [4.69, 9.17) is 0 Å². The summed E-state index contributed by atoms with van der Waals surface area (Å²) >= 11 is 0. The number of carbonyl (C=O) groups excluding carboxylic acids is 2. The average Bonchev–Trinajstić information content (AvgIpc) is 2.73. The van der Waals surface area contributed by atoms with Crippen LogP contribution >= 0.6 is 0 Å². The van der Waals surface area contributed by atoms with Gasteiger partial charge in [-0.2, -0.15) is 0 Å². The molecular weight excluding hydrogens is 338 g/mol. The molecule has 0 atom stereocenters. The Hall–Kier alpha value is -2.66. The molecule has 0 bridgehead atoms. The molecule has 2 aromatic rings. The van der Waals surface area contributed by atoms with E-state index < -0.39 is 0 Å². The van der Waals surface area contributed by atoms with E-state index in [1.54, 1.807) is 12.1 Å². The number of para-hydroxylation sites is 1. The number of likely N-dealkylation sites (N-methyl/N-ethyl adjacent to an activating group) is 1. The second-order valence-electron chi connectivity index (χ2n) is 7.37. The number of piperazine rings is 1. The van der Waals surface area contributed by atoms with E-state index in [0.717, 1.165) is 44.7 Å². The third-order valence-corrected chi connectivity index (χ3v) is 5.50. The van der Waals surface area contributed by atoms with Crippen molar-refractivity contribution in [3.8, 4) is 0 Å². The molecule has 27 heavy (non-hydrogen) atoms. The number of benzene rings is 2. The molecule has 5 heteroatoms. The maximum atomic E-state index is 13.2.